The molecule has 1 fully saturated rings. The number of hydrogen-bond donors (Lipinski definition) is 1. The van der Waals surface area contributed by atoms with Crippen LogP contribution in [0.1, 0.15) is 57.6 Å². The first-order chi connectivity index (χ1) is 9.63. The van der Waals surface area contributed by atoms with Gasteiger partial charge in [-0.3, -0.25) is 0 Å². The molecule has 1 saturated carbocycles. The van der Waals surface area contributed by atoms with Crippen LogP contribution in [0.25, 0.3) is 0 Å². The van der Waals surface area contributed by atoms with Gasteiger partial charge in [-0.05, 0) is 71.4 Å². The minimum absolute atomic E-state index is 0.0503. The molecule has 2 rings (SSSR count). The molecule has 1 unspecified atom stereocenters. The summed E-state index contributed by atoms with van der Waals surface area (Å²) < 4.78 is 7.30. The van der Waals surface area contributed by atoms with Crippen LogP contribution < -0.4 is 5.32 Å². The molecule has 20 heavy (non-hydrogen) atoms. The standard InChI is InChI=1S/C16H26BrNOS/c1-4-9-18-15(13-10-20-11-14(13)17)16(19-3)7-5-12(2)6-8-16/h10-12,15,18H,4-9H2,1-3H3. The van der Waals surface area contributed by atoms with Crippen LogP contribution in [0.3, 0.4) is 0 Å². The highest BCUT2D eigenvalue weighted by Crippen LogP contribution is 2.45. The highest BCUT2D eigenvalue weighted by atomic mass is 79.9. The molecule has 0 radical (unpaired) electrons. The molecule has 0 aliphatic heterocycles. The first-order valence-corrected chi connectivity index (χ1v) is 9.36. The van der Waals surface area contributed by atoms with E-state index < -0.39 is 0 Å². The van der Waals surface area contributed by atoms with Gasteiger partial charge in [-0.2, -0.15) is 11.3 Å². The summed E-state index contributed by atoms with van der Waals surface area (Å²) in [5.41, 5.74) is 1.31. The summed E-state index contributed by atoms with van der Waals surface area (Å²) in [7, 11) is 1.89. The summed E-state index contributed by atoms with van der Waals surface area (Å²) in [6, 6.07) is 0.292. The van der Waals surface area contributed by atoms with Crippen molar-refractivity contribution in [2.24, 2.45) is 5.92 Å². The Hall–Kier alpha value is 0.1000. The number of thiophene rings is 1. The van der Waals surface area contributed by atoms with Gasteiger partial charge in [0, 0.05) is 17.0 Å². The predicted molar refractivity (Wildman–Crippen MR) is 90.4 cm³/mol. The number of rotatable bonds is 6. The van der Waals surface area contributed by atoms with Crippen molar-refractivity contribution in [2.45, 2.75) is 57.6 Å². The zero-order valence-corrected chi connectivity index (χ0v) is 15.1. The number of ether oxygens (including phenoxy) is 1. The second kappa shape index (κ2) is 7.39. The average Bonchev–Trinajstić information content (AvgIpc) is 2.88. The first-order valence-electron chi connectivity index (χ1n) is 7.63. The Labute approximate surface area is 135 Å². The van der Waals surface area contributed by atoms with Crippen molar-refractivity contribution in [3.63, 3.8) is 0 Å². The Kier molecular flexibility index (Phi) is 6.09. The van der Waals surface area contributed by atoms with Gasteiger partial charge in [0.1, 0.15) is 0 Å². The zero-order valence-electron chi connectivity index (χ0n) is 12.7. The van der Waals surface area contributed by atoms with Crippen LogP contribution in [-0.4, -0.2) is 19.3 Å². The van der Waals surface area contributed by atoms with Crippen LogP contribution in [0.4, 0.5) is 0 Å². The lowest BCUT2D eigenvalue weighted by molar-refractivity contribution is -0.0760. The van der Waals surface area contributed by atoms with Gasteiger partial charge in [0.05, 0.1) is 11.6 Å². The summed E-state index contributed by atoms with van der Waals surface area (Å²) in [6.07, 6.45) is 5.97. The van der Waals surface area contributed by atoms with E-state index in [-0.39, 0.29) is 5.60 Å². The molecule has 1 aromatic rings. The van der Waals surface area contributed by atoms with E-state index in [1.54, 1.807) is 11.3 Å². The van der Waals surface area contributed by atoms with Gasteiger partial charge >= 0.3 is 0 Å². The zero-order chi connectivity index (χ0) is 14.6. The van der Waals surface area contributed by atoms with E-state index >= 15 is 0 Å². The van der Waals surface area contributed by atoms with Crippen molar-refractivity contribution >= 4 is 27.3 Å². The highest BCUT2D eigenvalue weighted by Gasteiger charge is 2.42. The van der Waals surface area contributed by atoms with Gasteiger partial charge in [0.15, 0.2) is 0 Å². The van der Waals surface area contributed by atoms with Crippen molar-refractivity contribution < 1.29 is 4.74 Å². The van der Waals surface area contributed by atoms with Gasteiger partial charge in [0.2, 0.25) is 0 Å². The maximum absolute atomic E-state index is 6.09. The molecule has 1 aliphatic carbocycles. The lowest BCUT2D eigenvalue weighted by Crippen LogP contribution is -2.48. The maximum atomic E-state index is 6.09. The summed E-state index contributed by atoms with van der Waals surface area (Å²) in [4.78, 5) is 0. The highest BCUT2D eigenvalue weighted by molar-refractivity contribution is 9.10. The topological polar surface area (TPSA) is 21.3 Å². The molecule has 1 aliphatic rings. The quantitative estimate of drug-likeness (QED) is 0.758. The predicted octanol–water partition coefficient (Wildman–Crippen LogP) is 5.15. The van der Waals surface area contributed by atoms with Gasteiger partial charge in [-0.25, -0.2) is 0 Å². The van der Waals surface area contributed by atoms with Crippen LogP contribution in [-0.2, 0) is 4.74 Å². The third-order valence-electron chi connectivity index (χ3n) is 4.61. The second-order valence-corrected chi connectivity index (χ2v) is 7.61. The van der Waals surface area contributed by atoms with E-state index in [1.165, 1.54) is 22.9 Å². The average molecular weight is 360 g/mol. The fourth-order valence-electron chi connectivity index (χ4n) is 3.23. The van der Waals surface area contributed by atoms with Gasteiger partial charge in [-0.1, -0.05) is 13.8 Å². The fraction of sp³-hybridized carbons (Fsp3) is 0.750. The Bertz CT molecular complexity index is 412. The first kappa shape index (κ1) is 16.5. The van der Waals surface area contributed by atoms with Crippen LogP contribution >= 0.6 is 27.3 Å². The molecule has 0 saturated heterocycles. The minimum atomic E-state index is -0.0503. The number of nitrogens with one attached hydrogen (secondary N) is 1. The van der Waals surface area contributed by atoms with Crippen molar-refractivity contribution in [1.82, 2.24) is 5.32 Å². The van der Waals surface area contributed by atoms with Gasteiger partial charge < -0.3 is 10.1 Å². The fourth-order valence-corrected chi connectivity index (χ4v) is 4.78. The largest absolute Gasteiger partial charge is 0.376 e. The Morgan fingerprint density at radius 2 is 2.15 bits per heavy atom. The number of halogens is 1. The van der Waals surface area contributed by atoms with E-state index in [4.69, 9.17) is 4.74 Å². The monoisotopic (exact) mass is 359 g/mol. The van der Waals surface area contributed by atoms with Crippen molar-refractivity contribution in [3.8, 4) is 0 Å². The number of hydrogen-bond acceptors (Lipinski definition) is 3. The molecule has 2 nitrogen and oxygen atoms in total. The Morgan fingerprint density at radius 1 is 1.45 bits per heavy atom. The lowest BCUT2D eigenvalue weighted by atomic mass is 9.73. The Morgan fingerprint density at radius 3 is 2.65 bits per heavy atom. The second-order valence-electron chi connectivity index (χ2n) is 6.01. The summed E-state index contributed by atoms with van der Waals surface area (Å²) in [5, 5.41) is 8.17. The third-order valence-corrected chi connectivity index (χ3v) is 6.36. The molecule has 1 aromatic heterocycles. The molecule has 0 amide bonds. The molecule has 1 N–H and O–H groups in total. The van der Waals surface area contributed by atoms with Gasteiger partial charge in [-0.15, -0.1) is 0 Å². The summed E-state index contributed by atoms with van der Waals surface area (Å²) >= 11 is 5.46. The molecule has 1 atom stereocenters. The molecule has 0 aromatic carbocycles. The van der Waals surface area contributed by atoms with E-state index in [1.807, 2.05) is 7.11 Å². The van der Waals surface area contributed by atoms with Gasteiger partial charge in [0.25, 0.3) is 0 Å². The molecule has 114 valence electrons. The maximum Gasteiger partial charge on any atom is 0.0873 e. The van der Waals surface area contributed by atoms with E-state index in [0.29, 0.717) is 6.04 Å². The van der Waals surface area contributed by atoms with Crippen molar-refractivity contribution in [2.75, 3.05) is 13.7 Å². The smallest absolute Gasteiger partial charge is 0.0873 e. The van der Waals surface area contributed by atoms with Crippen LogP contribution in [0.2, 0.25) is 0 Å². The molecule has 4 heteroatoms. The Balaban J connectivity index is 2.26. The van der Waals surface area contributed by atoms with Crippen LogP contribution in [0.5, 0.6) is 0 Å². The van der Waals surface area contributed by atoms with Crippen molar-refractivity contribution in [3.05, 3.63) is 20.8 Å². The summed E-state index contributed by atoms with van der Waals surface area (Å²) in [5.74, 6) is 0.830. The SMILES string of the molecule is CCCNC(c1cscc1Br)C1(OC)CCC(C)CC1. The van der Waals surface area contributed by atoms with Crippen LogP contribution in [0, 0.1) is 5.92 Å². The normalized spacial score (nSPS) is 28.5. The van der Waals surface area contributed by atoms with Crippen LogP contribution in [0.15, 0.2) is 15.2 Å². The van der Waals surface area contributed by atoms with E-state index in [2.05, 4.69) is 45.9 Å². The third kappa shape index (κ3) is 3.46. The minimum Gasteiger partial charge on any atom is -0.376 e. The molecular formula is C16H26BrNOS. The van der Waals surface area contributed by atoms with E-state index in [0.717, 1.165) is 31.7 Å². The molecule has 0 bridgehead atoms. The lowest BCUT2D eigenvalue weighted by Gasteiger charge is -2.44. The molecular weight excluding hydrogens is 334 g/mol. The van der Waals surface area contributed by atoms with E-state index in [9.17, 15) is 0 Å². The molecule has 1 heterocycles. The summed E-state index contributed by atoms with van der Waals surface area (Å²) in [6.45, 7) is 5.61. The number of methoxy groups -OCH3 is 1. The van der Waals surface area contributed by atoms with Crippen molar-refractivity contribution in [1.29, 1.82) is 0 Å². The molecule has 0 spiro atoms.